The van der Waals surface area contributed by atoms with E-state index in [1.807, 2.05) is 22.8 Å². The number of anilines is 1. The second-order valence-electron chi connectivity index (χ2n) is 7.36. The summed E-state index contributed by atoms with van der Waals surface area (Å²) in [5.41, 5.74) is 2.71. The van der Waals surface area contributed by atoms with Gasteiger partial charge in [-0.2, -0.15) is 0 Å². The van der Waals surface area contributed by atoms with Crippen LogP contribution in [0.25, 0.3) is 16.2 Å². The van der Waals surface area contributed by atoms with E-state index in [9.17, 15) is 8.78 Å². The molecule has 3 aromatic heterocycles. The first-order valence-electron chi connectivity index (χ1n) is 9.61. The summed E-state index contributed by atoms with van der Waals surface area (Å²) in [5.74, 6) is -1.09. The Balaban J connectivity index is 1.24. The van der Waals surface area contributed by atoms with E-state index in [4.69, 9.17) is 5.10 Å². The van der Waals surface area contributed by atoms with Gasteiger partial charge >= 0.3 is 0 Å². The molecule has 4 aromatic rings. The molecule has 0 amide bonds. The summed E-state index contributed by atoms with van der Waals surface area (Å²) in [6.45, 7) is 1.81. The van der Waals surface area contributed by atoms with Gasteiger partial charge in [-0.15, -0.1) is 5.10 Å². The normalized spacial score (nSPS) is 15.3. The molecule has 0 aliphatic carbocycles. The molecule has 8 heteroatoms. The van der Waals surface area contributed by atoms with Gasteiger partial charge in [-0.3, -0.25) is 4.98 Å². The van der Waals surface area contributed by atoms with E-state index < -0.39 is 11.6 Å². The van der Waals surface area contributed by atoms with Crippen LogP contribution >= 0.6 is 11.3 Å². The number of aromatic nitrogens is 4. The average molecular weight is 411 g/mol. The SMILES string of the molecule is Fc1ccc(CC2CCN(c3nn4cc(-c5cccnc5)nc4s3)CC2)cc1F. The molecule has 148 valence electrons. The molecule has 29 heavy (non-hydrogen) atoms. The van der Waals surface area contributed by atoms with Gasteiger partial charge in [0.05, 0.1) is 11.9 Å². The molecule has 0 atom stereocenters. The summed E-state index contributed by atoms with van der Waals surface area (Å²) in [4.78, 5) is 12.0. The summed E-state index contributed by atoms with van der Waals surface area (Å²) in [5, 5.41) is 5.67. The average Bonchev–Trinajstić information content (AvgIpc) is 3.31. The minimum atomic E-state index is -0.788. The maximum atomic E-state index is 13.4. The summed E-state index contributed by atoms with van der Waals surface area (Å²) in [6, 6.07) is 8.09. The first kappa shape index (κ1) is 18.2. The number of piperidine rings is 1. The van der Waals surface area contributed by atoms with Crippen LogP contribution in [0.4, 0.5) is 13.9 Å². The van der Waals surface area contributed by atoms with Crippen molar-refractivity contribution in [1.82, 2.24) is 19.6 Å². The van der Waals surface area contributed by atoms with E-state index in [0.29, 0.717) is 5.92 Å². The molecule has 1 saturated heterocycles. The van der Waals surface area contributed by atoms with Crippen molar-refractivity contribution in [2.45, 2.75) is 19.3 Å². The van der Waals surface area contributed by atoms with Crippen LogP contribution in [0, 0.1) is 17.6 Å². The van der Waals surface area contributed by atoms with Crippen LogP contribution < -0.4 is 4.90 Å². The van der Waals surface area contributed by atoms with Gasteiger partial charge < -0.3 is 4.90 Å². The molecule has 0 saturated carbocycles. The van der Waals surface area contributed by atoms with Crippen molar-refractivity contribution in [2.75, 3.05) is 18.0 Å². The summed E-state index contributed by atoms with van der Waals surface area (Å²) in [6.07, 6.45) is 8.26. The largest absolute Gasteiger partial charge is 0.347 e. The number of pyridine rings is 1. The van der Waals surface area contributed by atoms with Gasteiger partial charge in [0.2, 0.25) is 10.1 Å². The van der Waals surface area contributed by atoms with Gasteiger partial charge in [-0.05, 0) is 55.0 Å². The molecule has 1 aliphatic heterocycles. The first-order valence-corrected chi connectivity index (χ1v) is 10.4. The fourth-order valence-corrected chi connectivity index (χ4v) is 4.73. The quantitative estimate of drug-likeness (QED) is 0.493. The molecule has 5 nitrogen and oxygen atoms in total. The van der Waals surface area contributed by atoms with Crippen LogP contribution in [-0.4, -0.2) is 32.7 Å². The predicted octanol–water partition coefficient (Wildman–Crippen LogP) is 4.59. The predicted molar refractivity (Wildman–Crippen MR) is 109 cm³/mol. The molecular formula is C21H19F2N5S. The minimum Gasteiger partial charge on any atom is -0.347 e. The van der Waals surface area contributed by atoms with Crippen molar-refractivity contribution in [3.8, 4) is 11.3 Å². The second kappa shape index (κ2) is 7.51. The first-order chi connectivity index (χ1) is 14.2. The van der Waals surface area contributed by atoms with E-state index in [0.717, 1.165) is 59.3 Å². The van der Waals surface area contributed by atoms with Crippen molar-refractivity contribution >= 4 is 21.4 Å². The van der Waals surface area contributed by atoms with Crippen LogP contribution in [0.3, 0.4) is 0 Å². The lowest BCUT2D eigenvalue weighted by Gasteiger charge is -2.31. The third kappa shape index (κ3) is 3.72. The molecule has 0 radical (unpaired) electrons. The van der Waals surface area contributed by atoms with Gasteiger partial charge in [0.1, 0.15) is 0 Å². The highest BCUT2D eigenvalue weighted by Gasteiger charge is 2.23. The maximum Gasteiger partial charge on any atom is 0.214 e. The zero-order chi connectivity index (χ0) is 19.8. The standard InChI is InChI=1S/C21H19F2N5S/c22-17-4-3-15(11-18(17)23)10-14-5-8-27(9-6-14)21-26-28-13-19(25-20(28)29-21)16-2-1-7-24-12-16/h1-4,7,11-14H,5-6,8-10H2. The Bertz CT molecular complexity index is 1100. The fourth-order valence-electron chi connectivity index (χ4n) is 3.80. The summed E-state index contributed by atoms with van der Waals surface area (Å²) >= 11 is 1.58. The van der Waals surface area contributed by atoms with Crippen LogP contribution in [0.2, 0.25) is 0 Å². The highest BCUT2D eigenvalue weighted by Crippen LogP contribution is 2.30. The van der Waals surface area contributed by atoms with Crippen LogP contribution in [-0.2, 0) is 6.42 Å². The lowest BCUT2D eigenvalue weighted by molar-refractivity contribution is 0.401. The Kier molecular flexibility index (Phi) is 4.71. The van der Waals surface area contributed by atoms with E-state index in [1.54, 1.807) is 29.8 Å². The van der Waals surface area contributed by atoms with Gasteiger partial charge in [0.15, 0.2) is 11.6 Å². The number of imidazole rings is 1. The lowest BCUT2D eigenvalue weighted by Crippen LogP contribution is -2.34. The van der Waals surface area contributed by atoms with Crippen LogP contribution in [0.5, 0.6) is 0 Å². The molecule has 0 spiro atoms. The van der Waals surface area contributed by atoms with Gasteiger partial charge in [-0.1, -0.05) is 17.4 Å². The third-order valence-electron chi connectivity index (χ3n) is 5.38. The van der Waals surface area contributed by atoms with Gasteiger partial charge in [-0.25, -0.2) is 18.3 Å². The third-order valence-corrected chi connectivity index (χ3v) is 6.37. The molecular weight excluding hydrogens is 392 g/mol. The monoisotopic (exact) mass is 411 g/mol. The van der Waals surface area contributed by atoms with E-state index in [1.165, 1.54) is 12.1 Å². The molecule has 4 heterocycles. The number of nitrogens with zero attached hydrogens (tertiary/aromatic N) is 5. The van der Waals surface area contributed by atoms with Crippen molar-refractivity contribution in [3.05, 3.63) is 66.1 Å². The van der Waals surface area contributed by atoms with E-state index in [2.05, 4.69) is 14.9 Å². The molecule has 0 N–H and O–H groups in total. The van der Waals surface area contributed by atoms with Crippen molar-refractivity contribution in [3.63, 3.8) is 0 Å². The van der Waals surface area contributed by atoms with Crippen molar-refractivity contribution < 1.29 is 8.78 Å². The fraction of sp³-hybridized carbons (Fsp3) is 0.286. The van der Waals surface area contributed by atoms with Crippen LogP contribution in [0.15, 0.2) is 48.9 Å². The van der Waals surface area contributed by atoms with Gasteiger partial charge in [0, 0.05) is 31.0 Å². The van der Waals surface area contributed by atoms with Crippen molar-refractivity contribution in [1.29, 1.82) is 0 Å². The number of fused-ring (bicyclic) bond motifs is 1. The maximum absolute atomic E-state index is 13.4. The van der Waals surface area contributed by atoms with Gasteiger partial charge in [0.25, 0.3) is 0 Å². The summed E-state index contributed by atoms with van der Waals surface area (Å²) < 4.78 is 28.4. The smallest absolute Gasteiger partial charge is 0.214 e. The summed E-state index contributed by atoms with van der Waals surface area (Å²) in [7, 11) is 0. The number of halogens is 2. The van der Waals surface area contributed by atoms with E-state index in [-0.39, 0.29) is 0 Å². The highest BCUT2D eigenvalue weighted by molar-refractivity contribution is 7.20. The van der Waals surface area contributed by atoms with Crippen molar-refractivity contribution in [2.24, 2.45) is 5.92 Å². The number of hydrogen-bond donors (Lipinski definition) is 0. The topological polar surface area (TPSA) is 46.3 Å². The Morgan fingerprint density at radius 1 is 1.10 bits per heavy atom. The Morgan fingerprint density at radius 2 is 1.97 bits per heavy atom. The molecule has 1 aliphatic rings. The Hall–Kier alpha value is -2.87. The van der Waals surface area contributed by atoms with Crippen LogP contribution in [0.1, 0.15) is 18.4 Å². The van der Waals surface area contributed by atoms with E-state index >= 15 is 0 Å². The second-order valence-corrected chi connectivity index (χ2v) is 8.30. The number of hydrogen-bond acceptors (Lipinski definition) is 5. The Labute approximate surface area is 170 Å². The Morgan fingerprint density at radius 3 is 2.69 bits per heavy atom. The zero-order valence-electron chi connectivity index (χ0n) is 15.6. The molecule has 1 aromatic carbocycles. The minimum absolute atomic E-state index is 0.470. The lowest BCUT2D eigenvalue weighted by atomic mass is 9.90. The number of rotatable bonds is 4. The zero-order valence-corrected chi connectivity index (χ0v) is 16.4. The highest BCUT2D eigenvalue weighted by atomic mass is 32.1. The molecule has 5 rings (SSSR count). The molecule has 1 fully saturated rings. The molecule has 0 unspecified atom stereocenters. The number of benzene rings is 1. The molecule has 0 bridgehead atoms.